The molecule has 26 heavy (non-hydrogen) atoms. The van der Waals surface area contributed by atoms with E-state index in [9.17, 15) is 13.5 Å². The maximum atomic E-state index is 14.6. The van der Waals surface area contributed by atoms with Gasteiger partial charge < -0.3 is 4.90 Å². The number of rotatable bonds is 5. The van der Waals surface area contributed by atoms with Gasteiger partial charge in [-0.15, -0.1) is 0 Å². The Bertz CT molecular complexity index is 826. The van der Waals surface area contributed by atoms with Crippen LogP contribution in [0.25, 0.3) is 0 Å². The topological polar surface area (TPSA) is 50.2 Å². The molecule has 0 aromatic heterocycles. The van der Waals surface area contributed by atoms with Gasteiger partial charge in [-0.3, -0.25) is 9.11 Å². The molecule has 0 saturated carbocycles. The van der Waals surface area contributed by atoms with Crippen LogP contribution >= 0.6 is 11.0 Å². The van der Waals surface area contributed by atoms with Gasteiger partial charge in [-0.25, -0.2) is 13.0 Å². The van der Waals surface area contributed by atoms with Crippen molar-refractivity contribution in [2.24, 2.45) is 0 Å². The van der Waals surface area contributed by atoms with Crippen molar-refractivity contribution in [1.82, 2.24) is 4.90 Å². The SMILES string of the molecule is Cc1ccc(N2c3ccccc3N(CC=CCN(C)C)S2(O)O)c(F)c1. The lowest BCUT2D eigenvalue weighted by atomic mass is 10.2. The summed E-state index contributed by atoms with van der Waals surface area (Å²) in [6.07, 6.45) is 3.85. The lowest BCUT2D eigenvalue weighted by Gasteiger charge is -2.43. The van der Waals surface area contributed by atoms with E-state index < -0.39 is 16.8 Å². The van der Waals surface area contributed by atoms with Gasteiger partial charge in [0.25, 0.3) is 0 Å². The zero-order chi connectivity index (χ0) is 18.9. The highest BCUT2D eigenvalue weighted by atomic mass is 32.3. The quantitative estimate of drug-likeness (QED) is 0.734. The fourth-order valence-electron chi connectivity index (χ4n) is 2.90. The number of anilines is 3. The summed E-state index contributed by atoms with van der Waals surface area (Å²) in [4.78, 5) is 2.01. The number of benzene rings is 2. The fraction of sp³-hybridized carbons (Fsp3) is 0.263. The third-order valence-electron chi connectivity index (χ3n) is 4.14. The Morgan fingerprint density at radius 3 is 2.38 bits per heavy atom. The van der Waals surface area contributed by atoms with Crippen LogP contribution in [0.1, 0.15) is 5.56 Å². The highest BCUT2D eigenvalue weighted by Gasteiger charge is 2.41. The monoisotopic (exact) mass is 377 g/mol. The Kier molecular flexibility index (Phi) is 5.24. The molecule has 5 nitrogen and oxygen atoms in total. The lowest BCUT2D eigenvalue weighted by molar-refractivity contribution is 0.456. The van der Waals surface area contributed by atoms with Gasteiger partial charge >= 0.3 is 0 Å². The van der Waals surface area contributed by atoms with Crippen LogP contribution < -0.4 is 8.61 Å². The molecule has 0 radical (unpaired) electrons. The molecule has 0 fully saturated rings. The number of hydrogen-bond acceptors (Lipinski definition) is 5. The van der Waals surface area contributed by atoms with Gasteiger partial charge in [0.15, 0.2) is 0 Å². The molecule has 0 amide bonds. The number of likely N-dealkylation sites (N-methyl/N-ethyl adjacent to an activating group) is 1. The molecular weight excluding hydrogens is 353 g/mol. The summed E-state index contributed by atoms with van der Waals surface area (Å²) < 4.78 is 39.3. The number of para-hydroxylation sites is 2. The summed E-state index contributed by atoms with van der Waals surface area (Å²) >= 11 is 0. The van der Waals surface area contributed by atoms with Crippen LogP contribution in [0.3, 0.4) is 0 Å². The molecule has 2 aromatic carbocycles. The maximum absolute atomic E-state index is 14.6. The van der Waals surface area contributed by atoms with Crippen LogP contribution in [0.4, 0.5) is 21.5 Å². The van der Waals surface area contributed by atoms with Crippen molar-refractivity contribution >= 4 is 28.0 Å². The first-order valence-electron chi connectivity index (χ1n) is 8.33. The van der Waals surface area contributed by atoms with E-state index in [2.05, 4.69) is 0 Å². The summed E-state index contributed by atoms with van der Waals surface area (Å²) in [5.74, 6) is -0.482. The molecule has 0 saturated heterocycles. The normalized spacial score (nSPS) is 17.2. The Morgan fingerprint density at radius 1 is 1.04 bits per heavy atom. The molecule has 0 aliphatic carbocycles. The minimum absolute atomic E-state index is 0.155. The first-order valence-corrected chi connectivity index (χ1v) is 9.79. The first-order chi connectivity index (χ1) is 12.3. The minimum atomic E-state index is -3.41. The first kappa shape index (κ1) is 18.7. The van der Waals surface area contributed by atoms with Crippen LogP contribution in [0.15, 0.2) is 54.6 Å². The number of fused-ring (bicyclic) bond motifs is 1. The summed E-state index contributed by atoms with van der Waals surface area (Å²) in [5, 5.41) is 0. The molecule has 0 atom stereocenters. The van der Waals surface area contributed by atoms with E-state index in [1.165, 1.54) is 14.7 Å². The number of hydrogen-bond donors (Lipinski definition) is 2. The summed E-state index contributed by atoms with van der Waals surface area (Å²) in [6, 6.07) is 12.0. The van der Waals surface area contributed by atoms with E-state index in [1.807, 2.05) is 43.3 Å². The molecule has 0 unspecified atom stereocenters. The zero-order valence-electron chi connectivity index (χ0n) is 15.1. The van der Waals surface area contributed by atoms with Crippen LogP contribution in [-0.4, -0.2) is 41.2 Å². The Labute approximate surface area is 155 Å². The minimum Gasteiger partial charge on any atom is -0.306 e. The molecular formula is C19H24FN3O2S. The molecule has 7 heteroatoms. The smallest absolute Gasteiger partial charge is 0.148 e. The fourth-order valence-corrected chi connectivity index (χ4v) is 4.63. The van der Waals surface area contributed by atoms with E-state index in [-0.39, 0.29) is 5.69 Å². The van der Waals surface area contributed by atoms with E-state index in [4.69, 9.17) is 0 Å². The molecule has 3 rings (SSSR count). The highest BCUT2D eigenvalue weighted by molar-refractivity contribution is 8.27. The Morgan fingerprint density at radius 2 is 1.73 bits per heavy atom. The van der Waals surface area contributed by atoms with Crippen LogP contribution in [0.5, 0.6) is 0 Å². The van der Waals surface area contributed by atoms with E-state index in [0.717, 1.165) is 12.1 Å². The zero-order valence-corrected chi connectivity index (χ0v) is 15.9. The van der Waals surface area contributed by atoms with Crippen molar-refractivity contribution in [1.29, 1.82) is 0 Å². The van der Waals surface area contributed by atoms with Crippen LogP contribution in [0.2, 0.25) is 0 Å². The molecule has 1 heterocycles. The lowest BCUT2D eigenvalue weighted by Crippen LogP contribution is -2.31. The average molecular weight is 377 g/mol. The molecule has 1 aliphatic rings. The van der Waals surface area contributed by atoms with Gasteiger partial charge in [-0.05, 0) is 61.8 Å². The highest BCUT2D eigenvalue weighted by Crippen LogP contribution is 2.64. The maximum Gasteiger partial charge on any atom is 0.148 e. The molecule has 140 valence electrons. The summed E-state index contributed by atoms with van der Waals surface area (Å²) in [7, 11) is 0.512. The van der Waals surface area contributed by atoms with Crippen LogP contribution in [0, 0.1) is 12.7 Å². The predicted octanol–water partition coefficient (Wildman–Crippen LogP) is 4.79. The second-order valence-corrected chi connectivity index (χ2v) is 8.31. The Balaban J connectivity index is 2.00. The average Bonchev–Trinajstić information content (AvgIpc) is 2.79. The molecule has 2 aromatic rings. The van der Waals surface area contributed by atoms with Gasteiger partial charge in [0.1, 0.15) is 11.5 Å². The molecule has 0 bridgehead atoms. The Hall–Kier alpha value is -2.06. The van der Waals surface area contributed by atoms with Gasteiger partial charge in [-0.2, -0.15) is 0 Å². The number of halogens is 1. The number of aryl methyl sites for hydroxylation is 1. The summed E-state index contributed by atoms with van der Waals surface area (Å²) in [6.45, 7) is 2.87. The molecule has 0 spiro atoms. The van der Waals surface area contributed by atoms with Gasteiger partial charge in [-0.1, -0.05) is 30.4 Å². The van der Waals surface area contributed by atoms with E-state index in [0.29, 0.717) is 17.9 Å². The third kappa shape index (κ3) is 3.43. The predicted molar refractivity (Wildman–Crippen MR) is 108 cm³/mol. The second-order valence-electron chi connectivity index (χ2n) is 6.52. The summed E-state index contributed by atoms with van der Waals surface area (Å²) in [5.41, 5.74) is 2.18. The van der Waals surface area contributed by atoms with Crippen molar-refractivity contribution in [3.05, 3.63) is 66.0 Å². The van der Waals surface area contributed by atoms with Gasteiger partial charge in [0, 0.05) is 6.54 Å². The van der Waals surface area contributed by atoms with Crippen molar-refractivity contribution in [3.63, 3.8) is 0 Å². The third-order valence-corrected chi connectivity index (χ3v) is 5.96. The standard InChI is InChI=1S/C19H24FN3O2S/c1-15-10-11-17(16(20)14-15)23-19-9-5-4-8-18(19)22(26(23,24)25)13-7-6-12-21(2)3/h4-11,14,24-25H,12-13H2,1-3H3. The van der Waals surface area contributed by atoms with Crippen molar-refractivity contribution in [2.45, 2.75) is 6.92 Å². The van der Waals surface area contributed by atoms with Gasteiger partial charge in [0.2, 0.25) is 0 Å². The van der Waals surface area contributed by atoms with Crippen molar-refractivity contribution in [2.75, 3.05) is 35.8 Å². The largest absolute Gasteiger partial charge is 0.306 e. The molecule has 1 aliphatic heterocycles. The van der Waals surface area contributed by atoms with E-state index in [1.54, 1.807) is 31.2 Å². The molecule has 2 N–H and O–H groups in total. The van der Waals surface area contributed by atoms with Gasteiger partial charge in [0.05, 0.1) is 17.9 Å². The van der Waals surface area contributed by atoms with Crippen LogP contribution in [-0.2, 0) is 0 Å². The number of nitrogens with zero attached hydrogens (tertiary/aromatic N) is 3. The van der Waals surface area contributed by atoms with Crippen molar-refractivity contribution in [3.8, 4) is 0 Å². The second kappa shape index (κ2) is 7.28. The van der Waals surface area contributed by atoms with Crippen molar-refractivity contribution < 1.29 is 13.5 Å². The van der Waals surface area contributed by atoms with E-state index >= 15 is 0 Å².